The SMILES string of the molecule is CC1COC(c2ccc(/C=C/c3ccc(C4CCC(C(F)(F)Oc5cc(F)c(F)c(F)c5)CC4)c(F)c3)c(F)c2)OC1. The van der Waals surface area contributed by atoms with Crippen molar-refractivity contribution < 1.29 is 44.9 Å². The molecule has 1 aliphatic heterocycles. The number of ether oxygens (including phenoxy) is 3. The summed E-state index contributed by atoms with van der Waals surface area (Å²) in [5, 5.41) is 0. The predicted octanol–water partition coefficient (Wildman–Crippen LogP) is 9.18. The van der Waals surface area contributed by atoms with Crippen LogP contribution >= 0.6 is 0 Å². The highest BCUT2D eigenvalue weighted by Gasteiger charge is 2.44. The second-order valence-corrected chi connectivity index (χ2v) is 10.9. The Morgan fingerprint density at radius 1 is 0.762 bits per heavy atom. The minimum atomic E-state index is -3.75. The monoisotopic (exact) mass is 594 g/mol. The summed E-state index contributed by atoms with van der Waals surface area (Å²) in [5.74, 6) is -8.13. The molecule has 10 heteroatoms. The molecular formula is C32H29F7O3. The zero-order valence-electron chi connectivity index (χ0n) is 22.7. The van der Waals surface area contributed by atoms with E-state index in [1.807, 2.05) is 6.92 Å². The van der Waals surface area contributed by atoms with Crippen LogP contribution in [0.4, 0.5) is 30.7 Å². The molecule has 3 nitrogen and oxygen atoms in total. The van der Waals surface area contributed by atoms with E-state index in [9.17, 15) is 26.3 Å². The number of alkyl halides is 2. The van der Waals surface area contributed by atoms with Crippen molar-refractivity contribution in [3.63, 3.8) is 0 Å². The van der Waals surface area contributed by atoms with Gasteiger partial charge in [0.15, 0.2) is 23.7 Å². The van der Waals surface area contributed by atoms with E-state index in [4.69, 9.17) is 9.47 Å². The van der Waals surface area contributed by atoms with Gasteiger partial charge in [-0.1, -0.05) is 43.3 Å². The maximum absolute atomic E-state index is 15.0. The summed E-state index contributed by atoms with van der Waals surface area (Å²) in [6.07, 6.45) is -0.808. The van der Waals surface area contributed by atoms with Crippen LogP contribution < -0.4 is 4.74 Å². The van der Waals surface area contributed by atoms with Crippen molar-refractivity contribution in [2.24, 2.45) is 11.8 Å². The quantitative estimate of drug-likeness (QED) is 0.155. The summed E-state index contributed by atoms with van der Waals surface area (Å²) in [6.45, 7) is 3.05. The van der Waals surface area contributed by atoms with Gasteiger partial charge >= 0.3 is 6.11 Å². The molecule has 3 aromatic rings. The van der Waals surface area contributed by atoms with Crippen molar-refractivity contribution in [1.82, 2.24) is 0 Å². The zero-order valence-corrected chi connectivity index (χ0v) is 22.7. The molecule has 2 aliphatic rings. The lowest BCUT2D eigenvalue weighted by Crippen LogP contribution is -2.37. The molecule has 0 unspecified atom stereocenters. The summed E-state index contributed by atoms with van der Waals surface area (Å²) >= 11 is 0. The highest BCUT2D eigenvalue weighted by molar-refractivity contribution is 5.70. The first kappa shape index (κ1) is 30.1. The molecule has 1 aliphatic carbocycles. The molecule has 2 fully saturated rings. The molecule has 0 radical (unpaired) electrons. The highest BCUT2D eigenvalue weighted by Crippen LogP contribution is 2.44. The lowest BCUT2D eigenvalue weighted by Gasteiger charge is -2.33. The van der Waals surface area contributed by atoms with Crippen LogP contribution in [0, 0.1) is 40.9 Å². The molecule has 0 atom stereocenters. The number of halogens is 7. The maximum atomic E-state index is 15.0. The number of hydrogen-bond donors (Lipinski definition) is 0. The fourth-order valence-corrected chi connectivity index (χ4v) is 5.35. The van der Waals surface area contributed by atoms with E-state index >= 15 is 4.39 Å². The zero-order chi connectivity index (χ0) is 30.0. The van der Waals surface area contributed by atoms with Crippen molar-refractivity contribution in [1.29, 1.82) is 0 Å². The summed E-state index contributed by atoms with van der Waals surface area (Å²) < 4.78 is 115. The van der Waals surface area contributed by atoms with Crippen molar-refractivity contribution in [2.75, 3.05) is 13.2 Å². The van der Waals surface area contributed by atoms with E-state index in [0.717, 1.165) is 0 Å². The Bertz CT molecular complexity index is 1420. The van der Waals surface area contributed by atoms with Gasteiger partial charge in [0.2, 0.25) is 0 Å². The summed E-state index contributed by atoms with van der Waals surface area (Å²) in [5.41, 5.74) is 1.76. The van der Waals surface area contributed by atoms with Gasteiger partial charge in [-0.2, -0.15) is 8.78 Å². The van der Waals surface area contributed by atoms with Gasteiger partial charge in [0.1, 0.15) is 17.4 Å². The smallest absolute Gasteiger partial charge is 0.400 e. The van der Waals surface area contributed by atoms with Crippen LogP contribution in [0.25, 0.3) is 12.2 Å². The normalized spacial score (nSPS) is 23.3. The van der Waals surface area contributed by atoms with Crippen LogP contribution in [-0.4, -0.2) is 19.3 Å². The van der Waals surface area contributed by atoms with Gasteiger partial charge in [0.25, 0.3) is 0 Å². The molecule has 0 amide bonds. The predicted molar refractivity (Wildman–Crippen MR) is 142 cm³/mol. The van der Waals surface area contributed by atoms with E-state index < -0.39 is 53.2 Å². The molecule has 42 heavy (non-hydrogen) atoms. The molecule has 0 aromatic heterocycles. The van der Waals surface area contributed by atoms with E-state index in [1.54, 1.807) is 30.3 Å². The molecule has 0 N–H and O–H groups in total. The third kappa shape index (κ3) is 6.81. The average molecular weight is 595 g/mol. The van der Waals surface area contributed by atoms with Crippen molar-refractivity contribution in [3.8, 4) is 5.75 Å². The lowest BCUT2D eigenvalue weighted by atomic mass is 9.78. The summed E-state index contributed by atoms with van der Waals surface area (Å²) in [4.78, 5) is 0. The minimum Gasteiger partial charge on any atom is -0.432 e. The van der Waals surface area contributed by atoms with E-state index in [0.29, 0.717) is 47.6 Å². The Morgan fingerprint density at radius 2 is 1.43 bits per heavy atom. The third-order valence-electron chi connectivity index (χ3n) is 7.69. The highest BCUT2D eigenvalue weighted by atomic mass is 19.3. The van der Waals surface area contributed by atoms with Crippen LogP contribution in [0.1, 0.15) is 67.1 Å². The molecule has 0 spiro atoms. The van der Waals surface area contributed by atoms with Crippen molar-refractivity contribution >= 4 is 12.2 Å². The minimum absolute atomic E-state index is 0.0177. The second kappa shape index (κ2) is 12.5. The van der Waals surface area contributed by atoms with E-state index in [1.165, 1.54) is 18.2 Å². The molecule has 1 saturated heterocycles. The Morgan fingerprint density at radius 3 is 2.05 bits per heavy atom. The average Bonchev–Trinajstić information content (AvgIpc) is 2.95. The Hall–Kier alpha value is -3.37. The molecule has 224 valence electrons. The van der Waals surface area contributed by atoms with Crippen LogP contribution in [-0.2, 0) is 9.47 Å². The van der Waals surface area contributed by atoms with Gasteiger partial charge in [0, 0.05) is 29.2 Å². The van der Waals surface area contributed by atoms with Gasteiger partial charge in [-0.05, 0) is 54.9 Å². The largest absolute Gasteiger partial charge is 0.432 e. The molecule has 3 aromatic carbocycles. The molecule has 0 bridgehead atoms. The van der Waals surface area contributed by atoms with Gasteiger partial charge in [0.05, 0.1) is 19.1 Å². The van der Waals surface area contributed by atoms with Gasteiger partial charge < -0.3 is 14.2 Å². The Kier molecular flexibility index (Phi) is 8.94. The fraction of sp³-hybridized carbons (Fsp3) is 0.375. The van der Waals surface area contributed by atoms with Crippen LogP contribution in [0.5, 0.6) is 5.75 Å². The molecule has 1 saturated carbocycles. The molecule has 5 rings (SSSR count). The summed E-state index contributed by atoms with van der Waals surface area (Å²) in [6, 6.07) is 9.98. The fourth-order valence-electron chi connectivity index (χ4n) is 5.35. The van der Waals surface area contributed by atoms with E-state index in [2.05, 4.69) is 4.74 Å². The van der Waals surface area contributed by atoms with Crippen LogP contribution in [0.15, 0.2) is 48.5 Å². The first-order valence-corrected chi connectivity index (χ1v) is 13.7. The maximum Gasteiger partial charge on any atom is 0.400 e. The van der Waals surface area contributed by atoms with Crippen LogP contribution in [0.2, 0.25) is 0 Å². The first-order chi connectivity index (χ1) is 20.0. The summed E-state index contributed by atoms with van der Waals surface area (Å²) in [7, 11) is 0. The third-order valence-corrected chi connectivity index (χ3v) is 7.69. The number of hydrogen-bond acceptors (Lipinski definition) is 3. The number of rotatable bonds is 7. The van der Waals surface area contributed by atoms with Gasteiger partial charge in [-0.15, -0.1) is 0 Å². The second-order valence-electron chi connectivity index (χ2n) is 10.9. The topological polar surface area (TPSA) is 27.7 Å². The molecular weight excluding hydrogens is 565 g/mol. The van der Waals surface area contributed by atoms with Crippen molar-refractivity contribution in [3.05, 3.63) is 99.9 Å². The Labute approximate surface area is 238 Å². The van der Waals surface area contributed by atoms with Crippen LogP contribution in [0.3, 0.4) is 0 Å². The molecule has 1 heterocycles. The van der Waals surface area contributed by atoms with Gasteiger partial charge in [-0.25, -0.2) is 22.0 Å². The standard InChI is InChI=1S/C32H29F7O3/c1-18-16-40-31(41-17-18)22-6-5-21(26(33)13-22)4-2-19-3-11-25(27(34)12-19)20-7-9-23(10-8-20)32(38,39)42-24-14-28(35)30(37)29(36)15-24/h2-6,11-15,18,20,23,31H,7-10,16-17H2,1H3/b4-2+. The number of benzene rings is 3. The van der Waals surface area contributed by atoms with E-state index in [-0.39, 0.29) is 37.5 Å². The lowest BCUT2D eigenvalue weighted by molar-refractivity contribution is -0.222. The van der Waals surface area contributed by atoms with Gasteiger partial charge in [-0.3, -0.25) is 0 Å². The Balaban J connectivity index is 1.19. The van der Waals surface area contributed by atoms with Crippen molar-refractivity contribution in [2.45, 2.75) is 50.9 Å². The first-order valence-electron chi connectivity index (χ1n) is 13.7.